The van der Waals surface area contributed by atoms with Crippen LogP contribution in [0.1, 0.15) is 28.9 Å². The van der Waals surface area contributed by atoms with Crippen LogP contribution in [0.25, 0.3) is 27.6 Å². The Labute approximate surface area is 292 Å². The van der Waals surface area contributed by atoms with E-state index in [-0.39, 0.29) is 60.6 Å². The molecule has 51 heavy (non-hydrogen) atoms. The lowest BCUT2D eigenvalue weighted by Crippen LogP contribution is -2.49. The minimum Gasteiger partial charge on any atom is -0.496 e. The molecule has 0 atom stereocenters. The molecule has 12 nitrogen and oxygen atoms in total. The predicted octanol–water partition coefficient (Wildman–Crippen LogP) is 4.74. The maximum absolute atomic E-state index is 16.7. The number of hydrogen-bond donors (Lipinski definition) is 3. The number of anilines is 1. The van der Waals surface area contributed by atoms with Crippen LogP contribution in [0.2, 0.25) is 0 Å². The van der Waals surface area contributed by atoms with Crippen molar-refractivity contribution >= 4 is 34.1 Å². The fourth-order valence-corrected chi connectivity index (χ4v) is 6.74. The molecule has 1 saturated heterocycles. The Morgan fingerprint density at radius 3 is 2.53 bits per heavy atom. The van der Waals surface area contributed by atoms with Crippen molar-refractivity contribution in [3.05, 3.63) is 90.3 Å². The average molecular weight is 703 g/mol. The van der Waals surface area contributed by atoms with Crippen molar-refractivity contribution in [2.45, 2.75) is 19.5 Å². The molecule has 266 valence electrons. The molecular formula is C36H37F3N8O4. The summed E-state index contributed by atoms with van der Waals surface area (Å²) >= 11 is 0. The summed E-state index contributed by atoms with van der Waals surface area (Å²) in [4.78, 5) is 39.6. The maximum Gasteiger partial charge on any atom is 0.387 e. The highest BCUT2D eigenvalue weighted by molar-refractivity contribution is 6.05. The maximum atomic E-state index is 16.7. The van der Waals surface area contributed by atoms with Gasteiger partial charge in [0.2, 0.25) is 5.91 Å². The van der Waals surface area contributed by atoms with E-state index in [2.05, 4.69) is 25.7 Å². The summed E-state index contributed by atoms with van der Waals surface area (Å²) in [5, 5.41) is 2.28. The molecule has 3 N–H and O–H groups in total. The van der Waals surface area contributed by atoms with Crippen LogP contribution in [0.4, 0.5) is 19.0 Å². The molecule has 0 unspecified atom stereocenters. The largest absolute Gasteiger partial charge is 0.496 e. The highest BCUT2D eigenvalue weighted by Gasteiger charge is 2.29. The zero-order chi connectivity index (χ0) is 35.5. The first-order valence-electron chi connectivity index (χ1n) is 16.6. The predicted molar refractivity (Wildman–Crippen MR) is 185 cm³/mol. The van der Waals surface area contributed by atoms with E-state index in [0.29, 0.717) is 60.4 Å². The number of methoxy groups -OCH3 is 1. The Hall–Kier alpha value is -5.70. The number of carbonyl (C=O) groups excluding carboxylic acids is 2. The summed E-state index contributed by atoms with van der Waals surface area (Å²) in [5.41, 5.74) is 8.55. The van der Waals surface area contributed by atoms with Gasteiger partial charge in [0.05, 0.1) is 12.6 Å². The fraction of sp³-hybridized carbons (Fsp3) is 0.306. The Bertz CT molecular complexity index is 1990. The molecule has 15 heteroatoms. The lowest BCUT2D eigenvalue weighted by molar-refractivity contribution is -0.131. The van der Waals surface area contributed by atoms with Crippen LogP contribution in [-0.4, -0.2) is 96.1 Å². The van der Waals surface area contributed by atoms with Crippen molar-refractivity contribution in [3.63, 3.8) is 0 Å². The van der Waals surface area contributed by atoms with Crippen LogP contribution in [0, 0.1) is 5.82 Å². The van der Waals surface area contributed by atoms with E-state index in [0.717, 1.165) is 5.56 Å². The van der Waals surface area contributed by atoms with Crippen molar-refractivity contribution in [1.82, 2.24) is 35.7 Å². The number of H-pyrrole nitrogens is 1. The smallest absolute Gasteiger partial charge is 0.387 e. The number of fused-ring (bicyclic) bond motifs is 1. The van der Waals surface area contributed by atoms with Crippen molar-refractivity contribution in [2.75, 3.05) is 57.8 Å². The molecule has 0 saturated carbocycles. The molecule has 0 aliphatic carbocycles. The van der Waals surface area contributed by atoms with Crippen LogP contribution in [0.5, 0.6) is 11.5 Å². The van der Waals surface area contributed by atoms with Gasteiger partial charge in [-0.3, -0.25) is 14.6 Å². The lowest BCUT2D eigenvalue weighted by atomic mass is 9.93. The Balaban J connectivity index is 1.17. The van der Waals surface area contributed by atoms with Crippen LogP contribution in [0.15, 0.2) is 73.2 Å². The van der Waals surface area contributed by atoms with Crippen molar-refractivity contribution < 1.29 is 32.2 Å². The number of carbonyl (C=O) groups is 2. The minimum absolute atomic E-state index is 0.0343. The zero-order valence-corrected chi connectivity index (χ0v) is 27.9. The van der Waals surface area contributed by atoms with E-state index in [1.54, 1.807) is 51.4 Å². The number of nitrogens with zero attached hydrogens (tertiary/aromatic N) is 5. The van der Waals surface area contributed by atoms with Gasteiger partial charge in [-0.25, -0.2) is 9.37 Å². The molecule has 2 aromatic carbocycles. The summed E-state index contributed by atoms with van der Waals surface area (Å²) in [6.45, 7) is -0.520. The second-order valence-corrected chi connectivity index (χ2v) is 12.3. The molecule has 4 aromatic rings. The SMILES string of the molecule is COc1ccccc1-c1cc(C2=CCCN(C(=O)CCN3C=CNN3)C2)c(F)c2[nH]c(C(=O)N3CCN(c4ncccc4OC(F)F)CC3)cc12. The third kappa shape index (κ3) is 7.01. The molecular weight excluding hydrogens is 665 g/mol. The first-order valence-corrected chi connectivity index (χ1v) is 16.6. The number of aromatic nitrogens is 2. The molecule has 0 bridgehead atoms. The van der Waals surface area contributed by atoms with Gasteiger partial charge in [-0.1, -0.05) is 24.3 Å². The van der Waals surface area contributed by atoms with E-state index >= 15 is 4.39 Å². The van der Waals surface area contributed by atoms with Gasteiger partial charge in [0.15, 0.2) is 17.4 Å². The van der Waals surface area contributed by atoms with E-state index < -0.39 is 12.4 Å². The van der Waals surface area contributed by atoms with E-state index in [1.165, 1.54) is 18.3 Å². The Morgan fingerprint density at radius 1 is 0.961 bits per heavy atom. The van der Waals surface area contributed by atoms with Gasteiger partial charge in [0.1, 0.15) is 11.4 Å². The molecule has 1 fully saturated rings. The number of nitrogens with one attached hydrogen (secondary N) is 3. The highest BCUT2D eigenvalue weighted by Crippen LogP contribution is 2.40. The normalized spacial score (nSPS) is 16.1. The van der Waals surface area contributed by atoms with Crippen LogP contribution in [-0.2, 0) is 4.79 Å². The number of ether oxygens (including phenoxy) is 2. The number of rotatable bonds is 10. The quantitative estimate of drug-likeness (QED) is 0.216. The van der Waals surface area contributed by atoms with Crippen molar-refractivity contribution in [3.8, 4) is 22.6 Å². The molecule has 7 rings (SSSR count). The number of hydrazine groups is 2. The third-order valence-electron chi connectivity index (χ3n) is 9.28. The van der Waals surface area contributed by atoms with E-state index in [1.807, 2.05) is 30.3 Å². The number of aromatic amines is 1. The molecule has 2 aromatic heterocycles. The minimum atomic E-state index is -2.99. The van der Waals surface area contributed by atoms with Gasteiger partial charge in [-0.2, -0.15) is 8.78 Å². The van der Waals surface area contributed by atoms with Crippen LogP contribution in [0.3, 0.4) is 0 Å². The van der Waals surface area contributed by atoms with Gasteiger partial charge < -0.3 is 34.6 Å². The molecule has 3 aliphatic rings. The van der Waals surface area contributed by atoms with Gasteiger partial charge in [0.25, 0.3) is 5.91 Å². The number of alkyl halides is 2. The lowest BCUT2D eigenvalue weighted by Gasteiger charge is -2.35. The zero-order valence-electron chi connectivity index (χ0n) is 27.9. The number of halogens is 3. The van der Waals surface area contributed by atoms with Gasteiger partial charge >= 0.3 is 6.61 Å². The summed E-state index contributed by atoms with van der Waals surface area (Å²) in [6.07, 6.45) is 7.85. The summed E-state index contributed by atoms with van der Waals surface area (Å²) in [7, 11) is 1.57. The fourth-order valence-electron chi connectivity index (χ4n) is 6.74. The van der Waals surface area contributed by atoms with Crippen molar-refractivity contribution in [2.24, 2.45) is 0 Å². The average Bonchev–Trinajstić information content (AvgIpc) is 3.85. The summed E-state index contributed by atoms with van der Waals surface area (Å²) in [5.74, 6) is -0.0567. The molecule has 3 aliphatic heterocycles. The number of amides is 2. The molecule has 0 spiro atoms. The number of hydrogen-bond acceptors (Lipinski definition) is 9. The highest BCUT2D eigenvalue weighted by atomic mass is 19.3. The second-order valence-electron chi connectivity index (χ2n) is 12.3. The number of para-hydroxylation sites is 1. The number of pyridine rings is 1. The van der Waals surface area contributed by atoms with Crippen molar-refractivity contribution in [1.29, 1.82) is 0 Å². The molecule has 5 heterocycles. The Kier molecular flexibility index (Phi) is 9.70. The first-order chi connectivity index (χ1) is 24.8. The molecule has 2 amide bonds. The van der Waals surface area contributed by atoms with Gasteiger partial charge in [0, 0.05) is 87.3 Å². The summed E-state index contributed by atoms with van der Waals surface area (Å²) < 4.78 is 53.0. The number of piperazine rings is 1. The van der Waals surface area contributed by atoms with Crippen LogP contribution >= 0.6 is 0 Å². The summed E-state index contributed by atoms with van der Waals surface area (Å²) in [6, 6.07) is 13.8. The first kappa shape index (κ1) is 33.8. The standard InChI is InChI=1S/C36H37F3N8O4/c1-50-29-8-3-2-7-24(29)26-20-25(23-6-5-13-46(22-23)31(48)10-14-47-15-12-41-43-47)32(37)33-27(26)21-28(42-33)35(49)45-18-16-44(17-19-45)34-30(51-36(38)39)9-4-11-40-34/h2-4,6-9,11-12,15,20-21,36,41-43H,5,10,13-14,16-19,22H2,1H3. The second kappa shape index (κ2) is 14.6. The van der Waals surface area contributed by atoms with E-state index in [4.69, 9.17) is 4.74 Å². The van der Waals surface area contributed by atoms with E-state index in [9.17, 15) is 18.4 Å². The monoisotopic (exact) mass is 702 g/mol. The van der Waals surface area contributed by atoms with Gasteiger partial charge in [-0.15, -0.1) is 5.53 Å². The Morgan fingerprint density at radius 2 is 1.76 bits per heavy atom. The van der Waals surface area contributed by atoms with Crippen LogP contribution < -0.4 is 25.3 Å². The molecule has 0 radical (unpaired) electrons. The third-order valence-corrected chi connectivity index (χ3v) is 9.28. The topological polar surface area (TPSA) is 118 Å². The number of benzene rings is 2. The van der Waals surface area contributed by atoms with Gasteiger partial charge in [-0.05, 0) is 47.9 Å².